The van der Waals surface area contributed by atoms with Crippen molar-refractivity contribution in [3.05, 3.63) is 64.8 Å². The van der Waals surface area contributed by atoms with Gasteiger partial charge in [0.2, 0.25) is 5.88 Å². The van der Waals surface area contributed by atoms with E-state index < -0.39 is 0 Å². The molecule has 0 spiro atoms. The average molecular weight is 343 g/mol. The lowest BCUT2D eigenvalue weighted by Gasteiger charge is -2.12. The van der Waals surface area contributed by atoms with Crippen LogP contribution in [0.25, 0.3) is 10.8 Å². The Kier molecular flexibility index (Phi) is 3.90. The van der Waals surface area contributed by atoms with Crippen LogP contribution in [0.1, 0.15) is 18.5 Å². The number of rotatable bonds is 3. The summed E-state index contributed by atoms with van der Waals surface area (Å²) >= 11 is 3.48. The lowest BCUT2D eigenvalue weighted by atomic mass is 10.1. The number of halogens is 1. The van der Waals surface area contributed by atoms with Crippen molar-refractivity contribution in [2.45, 2.75) is 13.0 Å². The average Bonchev–Trinajstić information content (AvgIpc) is 2.48. The smallest absolute Gasteiger partial charge is 0.223 e. The predicted molar refractivity (Wildman–Crippen MR) is 88.6 cm³/mol. The first kappa shape index (κ1) is 14.0. The molecule has 0 radical (unpaired) electrons. The van der Waals surface area contributed by atoms with E-state index in [9.17, 15) is 0 Å². The maximum absolute atomic E-state index is 5.95. The molecule has 3 rings (SSSR count). The van der Waals surface area contributed by atoms with Crippen LogP contribution >= 0.6 is 15.9 Å². The summed E-state index contributed by atoms with van der Waals surface area (Å²) in [4.78, 5) is 4.28. The fraction of sp³-hybridized carbons (Fsp3) is 0.118. The zero-order valence-electron chi connectivity index (χ0n) is 11.6. The van der Waals surface area contributed by atoms with Crippen LogP contribution in [-0.2, 0) is 0 Å². The highest BCUT2D eigenvalue weighted by Gasteiger charge is 2.10. The van der Waals surface area contributed by atoms with E-state index in [2.05, 4.69) is 33.0 Å². The molecule has 3 aromatic rings. The SMILES string of the molecule is CC(N)c1cccnc1Oc1ccc2cc(Br)ccc2c1. The second kappa shape index (κ2) is 5.84. The van der Waals surface area contributed by atoms with Crippen molar-refractivity contribution >= 4 is 26.7 Å². The molecule has 0 amide bonds. The number of hydrogen-bond acceptors (Lipinski definition) is 3. The number of pyridine rings is 1. The number of aromatic nitrogens is 1. The molecular formula is C17H15BrN2O. The summed E-state index contributed by atoms with van der Waals surface area (Å²) in [5, 5.41) is 2.28. The van der Waals surface area contributed by atoms with Crippen molar-refractivity contribution in [1.82, 2.24) is 4.98 Å². The molecule has 1 unspecified atom stereocenters. The highest BCUT2D eigenvalue weighted by atomic mass is 79.9. The quantitative estimate of drug-likeness (QED) is 0.742. The van der Waals surface area contributed by atoms with Gasteiger partial charge in [0.1, 0.15) is 5.75 Å². The van der Waals surface area contributed by atoms with Gasteiger partial charge in [-0.1, -0.05) is 34.1 Å². The molecule has 0 saturated carbocycles. The zero-order valence-corrected chi connectivity index (χ0v) is 13.2. The number of hydrogen-bond donors (Lipinski definition) is 1. The van der Waals surface area contributed by atoms with Crippen molar-refractivity contribution < 1.29 is 4.74 Å². The first-order chi connectivity index (χ1) is 10.1. The van der Waals surface area contributed by atoms with Gasteiger partial charge in [-0.15, -0.1) is 0 Å². The molecule has 0 aliphatic carbocycles. The van der Waals surface area contributed by atoms with E-state index >= 15 is 0 Å². The minimum absolute atomic E-state index is 0.120. The van der Waals surface area contributed by atoms with Crippen molar-refractivity contribution in [1.29, 1.82) is 0 Å². The molecule has 106 valence electrons. The molecule has 0 saturated heterocycles. The van der Waals surface area contributed by atoms with E-state index in [0.29, 0.717) is 5.88 Å². The van der Waals surface area contributed by atoms with Gasteiger partial charge in [0.15, 0.2) is 0 Å². The maximum atomic E-state index is 5.95. The topological polar surface area (TPSA) is 48.1 Å². The molecule has 1 heterocycles. The van der Waals surface area contributed by atoms with Gasteiger partial charge in [0, 0.05) is 22.3 Å². The largest absolute Gasteiger partial charge is 0.439 e. The Bertz CT molecular complexity index is 787. The Labute approximate surface area is 131 Å². The highest BCUT2D eigenvalue weighted by molar-refractivity contribution is 9.10. The van der Waals surface area contributed by atoms with Gasteiger partial charge >= 0.3 is 0 Å². The lowest BCUT2D eigenvalue weighted by Crippen LogP contribution is -2.07. The third kappa shape index (κ3) is 3.06. The van der Waals surface area contributed by atoms with Crippen LogP contribution < -0.4 is 10.5 Å². The number of nitrogens with zero attached hydrogens (tertiary/aromatic N) is 1. The van der Waals surface area contributed by atoms with E-state index in [1.54, 1.807) is 6.20 Å². The normalized spacial score (nSPS) is 12.3. The van der Waals surface area contributed by atoms with Crippen molar-refractivity contribution in [3.63, 3.8) is 0 Å². The molecule has 2 N–H and O–H groups in total. The molecule has 0 aliphatic rings. The van der Waals surface area contributed by atoms with Gasteiger partial charge in [0.05, 0.1) is 0 Å². The van der Waals surface area contributed by atoms with E-state index in [4.69, 9.17) is 10.5 Å². The van der Waals surface area contributed by atoms with E-state index in [1.807, 2.05) is 43.3 Å². The molecule has 1 aromatic heterocycles. The Morgan fingerprint density at radius 3 is 2.67 bits per heavy atom. The van der Waals surface area contributed by atoms with Crippen LogP contribution in [-0.4, -0.2) is 4.98 Å². The third-order valence-electron chi connectivity index (χ3n) is 3.28. The van der Waals surface area contributed by atoms with Gasteiger partial charge in [-0.2, -0.15) is 0 Å². The fourth-order valence-electron chi connectivity index (χ4n) is 2.20. The highest BCUT2D eigenvalue weighted by Crippen LogP contribution is 2.29. The van der Waals surface area contributed by atoms with Gasteiger partial charge < -0.3 is 10.5 Å². The minimum Gasteiger partial charge on any atom is -0.439 e. The monoisotopic (exact) mass is 342 g/mol. The van der Waals surface area contributed by atoms with Gasteiger partial charge in [0.25, 0.3) is 0 Å². The summed E-state index contributed by atoms with van der Waals surface area (Å²) in [7, 11) is 0. The summed E-state index contributed by atoms with van der Waals surface area (Å²) < 4.78 is 6.97. The van der Waals surface area contributed by atoms with Crippen LogP contribution in [0.15, 0.2) is 59.2 Å². The lowest BCUT2D eigenvalue weighted by molar-refractivity contribution is 0.453. The van der Waals surface area contributed by atoms with Crippen molar-refractivity contribution in [2.75, 3.05) is 0 Å². The molecule has 0 aliphatic heterocycles. The first-order valence-electron chi connectivity index (χ1n) is 6.71. The van der Waals surface area contributed by atoms with Gasteiger partial charge in [-0.25, -0.2) is 4.98 Å². The third-order valence-corrected chi connectivity index (χ3v) is 3.77. The molecule has 1 atom stereocenters. The Morgan fingerprint density at radius 1 is 1.10 bits per heavy atom. The van der Waals surface area contributed by atoms with E-state index in [-0.39, 0.29) is 6.04 Å². The van der Waals surface area contributed by atoms with Crippen LogP contribution in [0.2, 0.25) is 0 Å². The van der Waals surface area contributed by atoms with Crippen LogP contribution in [0.4, 0.5) is 0 Å². The summed E-state index contributed by atoms with van der Waals surface area (Å²) in [6, 6.07) is 15.8. The summed E-state index contributed by atoms with van der Waals surface area (Å²) in [5.41, 5.74) is 6.85. The van der Waals surface area contributed by atoms with Crippen molar-refractivity contribution in [2.24, 2.45) is 5.73 Å². The van der Waals surface area contributed by atoms with Crippen molar-refractivity contribution in [3.8, 4) is 11.6 Å². The summed E-state index contributed by atoms with van der Waals surface area (Å²) in [6.07, 6.45) is 1.71. The number of nitrogens with two attached hydrogens (primary N) is 1. The number of fused-ring (bicyclic) bond motifs is 1. The van der Waals surface area contributed by atoms with E-state index in [1.165, 1.54) is 0 Å². The molecular weight excluding hydrogens is 328 g/mol. The second-order valence-electron chi connectivity index (χ2n) is 4.94. The molecule has 2 aromatic carbocycles. The molecule has 4 heteroatoms. The van der Waals surface area contributed by atoms with Gasteiger partial charge in [-0.3, -0.25) is 0 Å². The maximum Gasteiger partial charge on any atom is 0.223 e. The Morgan fingerprint density at radius 2 is 1.86 bits per heavy atom. The number of ether oxygens (including phenoxy) is 1. The predicted octanol–water partition coefficient (Wildman–Crippen LogP) is 4.81. The minimum atomic E-state index is -0.120. The summed E-state index contributed by atoms with van der Waals surface area (Å²) in [5.74, 6) is 1.31. The standard InChI is InChI=1S/C17H15BrN2O/c1-11(19)16-3-2-8-20-17(16)21-15-7-5-12-9-14(18)6-4-13(12)10-15/h2-11H,19H2,1H3. The van der Waals surface area contributed by atoms with Crippen LogP contribution in [0.5, 0.6) is 11.6 Å². The Balaban J connectivity index is 1.97. The molecule has 21 heavy (non-hydrogen) atoms. The molecule has 0 fully saturated rings. The Hall–Kier alpha value is -1.91. The zero-order chi connectivity index (χ0) is 14.8. The van der Waals surface area contributed by atoms with Gasteiger partial charge in [-0.05, 0) is 48.0 Å². The fourth-order valence-corrected chi connectivity index (χ4v) is 2.58. The van der Waals surface area contributed by atoms with E-state index in [0.717, 1.165) is 26.6 Å². The molecule has 0 bridgehead atoms. The molecule has 3 nitrogen and oxygen atoms in total. The van der Waals surface area contributed by atoms with Crippen LogP contribution in [0.3, 0.4) is 0 Å². The summed E-state index contributed by atoms with van der Waals surface area (Å²) in [6.45, 7) is 1.92. The van der Waals surface area contributed by atoms with Crippen LogP contribution in [0, 0.1) is 0 Å². The second-order valence-corrected chi connectivity index (χ2v) is 5.86. The first-order valence-corrected chi connectivity index (χ1v) is 7.50. The number of benzene rings is 2.